The quantitative estimate of drug-likeness (QED) is 0.407. The molecular weight excluding hydrogens is 407 g/mol. The predicted octanol–water partition coefficient (Wildman–Crippen LogP) is 6.06. The first-order valence-corrected chi connectivity index (χ1v) is 10.1. The third kappa shape index (κ3) is 7.00. The van der Waals surface area contributed by atoms with Gasteiger partial charge in [0.15, 0.2) is 0 Å². The van der Waals surface area contributed by atoms with E-state index in [-0.39, 0.29) is 12.5 Å². The summed E-state index contributed by atoms with van der Waals surface area (Å²) >= 11 is 11.8. The van der Waals surface area contributed by atoms with Crippen LogP contribution in [0.5, 0.6) is 5.75 Å². The summed E-state index contributed by atoms with van der Waals surface area (Å²) in [7, 11) is 0. The normalized spacial score (nSPS) is 10.4. The molecule has 0 atom stereocenters. The van der Waals surface area contributed by atoms with Crippen molar-refractivity contribution in [3.8, 4) is 5.75 Å². The van der Waals surface area contributed by atoms with Crippen molar-refractivity contribution < 1.29 is 9.53 Å². The summed E-state index contributed by atoms with van der Waals surface area (Å²) < 4.78 is 5.77. The second-order valence-electron chi connectivity index (χ2n) is 6.49. The Morgan fingerprint density at radius 2 is 1.59 bits per heavy atom. The van der Waals surface area contributed by atoms with Gasteiger partial charge in [0.25, 0.3) is 0 Å². The summed E-state index contributed by atoms with van der Waals surface area (Å²) in [6, 6.07) is 22.8. The van der Waals surface area contributed by atoms with Gasteiger partial charge in [-0.15, -0.1) is 0 Å². The van der Waals surface area contributed by atoms with Crippen molar-refractivity contribution in [2.45, 2.75) is 12.8 Å². The predicted molar refractivity (Wildman–Crippen MR) is 120 cm³/mol. The molecule has 0 unspecified atom stereocenters. The van der Waals surface area contributed by atoms with Crippen molar-refractivity contribution in [1.29, 1.82) is 0 Å². The van der Waals surface area contributed by atoms with E-state index < -0.39 is 0 Å². The molecule has 0 saturated heterocycles. The number of nitrogens with one attached hydrogen (secondary N) is 2. The van der Waals surface area contributed by atoms with Crippen LogP contribution >= 0.6 is 23.2 Å². The van der Waals surface area contributed by atoms with Gasteiger partial charge in [0, 0.05) is 11.4 Å². The van der Waals surface area contributed by atoms with Crippen LogP contribution in [-0.2, 0) is 11.2 Å². The lowest BCUT2D eigenvalue weighted by molar-refractivity contribution is -0.114. The summed E-state index contributed by atoms with van der Waals surface area (Å²) in [5.41, 5.74) is 2.75. The minimum absolute atomic E-state index is 0.121. The number of carbonyl (C=O) groups is 1. The van der Waals surface area contributed by atoms with Crippen molar-refractivity contribution in [2.24, 2.45) is 0 Å². The molecule has 0 heterocycles. The zero-order valence-corrected chi connectivity index (χ0v) is 17.3. The number of hydrogen-bond acceptors (Lipinski definition) is 3. The van der Waals surface area contributed by atoms with Gasteiger partial charge in [-0.25, -0.2) is 0 Å². The van der Waals surface area contributed by atoms with Crippen LogP contribution in [0.25, 0.3) is 0 Å². The highest BCUT2D eigenvalue weighted by atomic mass is 35.5. The number of anilines is 2. The highest BCUT2D eigenvalue weighted by Crippen LogP contribution is 2.25. The van der Waals surface area contributed by atoms with Crippen molar-refractivity contribution in [2.75, 3.05) is 23.8 Å². The molecule has 0 aliphatic rings. The molecule has 0 spiro atoms. The van der Waals surface area contributed by atoms with Crippen molar-refractivity contribution in [3.05, 3.63) is 88.4 Å². The molecular formula is C23H22Cl2N2O2. The van der Waals surface area contributed by atoms with Gasteiger partial charge in [0.1, 0.15) is 5.75 Å². The lowest BCUT2D eigenvalue weighted by atomic mass is 10.1. The number of carbonyl (C=O) groups excluding carboxylic acids is 1. The van der Waals surface area contributed by atoms with Gasteiger partial charge in [-0.2, -0.15) is 0 Å². The second kappa shape index (κ2) is 10.7. The zero-order chi connectivity index (χ0) is 20.5. The van der Waals surface area contributed by atoms with E-state index in [1.165, 1.54) is 5.56 Å². The van der Waals surface area contributed by atoms with Gasteiger partial charge in [-0.1, -0.05) is 53.5 Å². The molecule has 1 amide bonds. The number of aryl methyl sites for hydroxylation is 1. The van der Waals surface area contributed by atoms with Crippen LogP contribution in [0.2, 0.25) is 10.0 Å². The fraction of sp³-hybridized carbons (Fsp3) is 0.174. The molecule has 6 heteroatoms. The fourth-order valence-corrected chi connectivity index (χ4v) is 3.04. The van der Waals surface area contributed by atoms with Crippen LogP contribution in [0.3, 0.4) is 0 Å². The second-order valence-corrected chi connectivity index (χ2v) is 7.31. The van der Waals surface area contributed by atoms with Gasteiger partial charge in [-0.3, -0.25) is 4.79 Å². The Labute approximate surface area is 180 Å². The minimum atomic E-state index is -0.160. The molecule has 29 heavy (non-hydrogen) atoms. The lowest BCUT2D eigenvalue weighted by Crippen LogP contribution is -2.21. The number of amides is 1. The van der Waals surface area contributed by atoms with E-state index in [1.807, 2.05) is 42.5 Å². The average Bonchev–Trinajstić information content (AvgIpc) is 2.74. The van der Waals surface area contributed by atoms with Crippen LogP contribution < -0.4 is 15.4 Å². The van der Waals surface area contributed by atoms with E-state index in [9.17, 15) is 4.79 Å². The Morgan fingerprint density at radius 3 is 2.31 bits per heavy atom. The first kappa shape index (κ1) is 21.0. The molecule has 0 bridgehead atoms. The fourth-order valence-electron chi connectivity index (χ4n) is 2.74. The van der Waals surface area contributed by atoms with Crippen molar-refractivity contribution in [3.63, 3.8) is 0 Å². The topological polar surface area (TPSA) is 50.4 Å². The summed E-state index contributed by atoms with van der Waals surface area (Å²) in [5, 5.41) is 6.77. The van der Waals surface area contributed by atoms with Gasteiger partial charge >= 0.3 is 0 Å². The summed E-state index contributed by atoms with van der Waals surface area (Å²) in [6.07, 6.45) is 1.93. The average molecular weight is 429 g/mol. The third-order valence-electron chi connectivity index (χ3n) is 4.23. The molecule has 0 aliphatic carbocycles. The molecule has 3 aromatic rings. The zero-order valence-electron chi connectivity index (χ0n) is 15.8. The van der Waals surface area contributed by atoms with Crippen LogP contribution in [0.1, 0.15) is 12.0 Å². The largest absolute Gasteiger partial charge is 0.494 e. The molecule has 3 aromatic carbocycles. The molecule has 0 aromatic heterocycles. The standard InChI is InChI=1S/C23H22Cl2N2O2/c24-21-13-10-19(15-22(21)25)26-16-23(28)27-18-8-11-20(12-9-18)29-14-4-7-17-5-2-1-3-6-17/h1-3,5-6,8-13,15,26H,4,7,14,16H2,(H,27,28). The van der Waals surface area contributed by atoms with Gasteiger partial charge in [0.2, 0.25) is 5.91 Å². The third-order valence-corrected chi connectivity index (χ3v) is 4.97. The molecule has 150 valence electrons. The Balaban J connectivity index is 1.39. The van der Waals surface area contributed by atoms with Crippen molar-refractivity contribution in [1.82, 2.24) is 0 Å². The molecule has 0 fully saturated rings. The Bertz CT molecular complexity index is 931. The number of ether oxygens (including phenoxy) is 1. The monoisotopic (exact) mass is 428 g/mol. The molecule has 2 N–H and O–H groups in total. The lowest BCUT2D eigenvalue weighted by Gasteiger charge is -2.10. The first-order valence-electron chi connectivity index (χ1n) is 9.36. The maximum Gasteiger partial charge on any atom is 0.243 e. The maximum atomic E-state index is 12.1. The molecule has 3 rings (SSSR count). The smallest absolute Gasteiger partial charge is 0.243 e. The number of hydrogen-bond donors (Lipinski definition) is 2. The highest BCUT2D eigenvalue weighted by molar-refractivity contribution is 6.42. The Kier molecular flexibility index (Phi) is 7.79. The van der Waals surface area contributed by atoms with Gasteiger partial charge < -0.3 is 15.4 Å². The SMILES string of the molecule is O=C(CNc1ccc(Cl)c(Cl)c1)Nc1ccc(OCCCc2ccccc2)cc1. The van der Waals surface area contributed by atoms with E-state index in [1.54, 1.807) is 18.2 Å². The Morgan fingerprint density at radius 1 is 0.862 bits per heavy atom. The van der Waals surface area contributed by atoms with E-state index in [0.717, 1.165) is 24.3 Å². The van der Waals surface area contributed by atoms with Crippen LogP contribution in [0.4, 0.5) is 11.4 Å². The first-order chi connectivity index (χ1) is 14.1. The van der Waals surface area contributed by atoms with Crippen LogP contribution in [0.15, 0.2) is 72.8 Å². The van der Waals surface area contributed by atoms with E-state index in [4.69, 9.17) is 27.9 Å². The van der Waals surface area contributed by atoms with E-state index in [2.05, 4.69) is 22.8 Å². The number of benzene rings is 3. The number of halogens is 2. The summed E-state index contributed by atoms with van der Waals surface area (Å²) in [5.74, 6) is 0.623. The summed E-state index contributed by atoms with van der Waals surface area (Å²) in [6.45, 7) is 0.768. The van der Waals surface area contributed by atoms with E-state index >= 15 is 0 Å². The summed E-state index contributed by atoms with van der Waals surface area (Å²) in [4.78, 5) is 12.1. The van der Waals surface area contributed by atoms with E-state index in [0.29, 0.717) is 22.3 Å². The molecule has 0 saturated carbocycles. The molecule has 4 nitrogen and oxygen atoms in total. The van der Waals surface area contributed by atoms with Crippen LogP contribution in [0, 0.1) is 0 Å². The van der Waals surface area contributed by atoms with Gasteiger partial charge in [-0.05, 0) is 60.9 Å². The molecule has 0 radical (unpaired) electrons. The highest BCUT2D eigenvalue weighted by Gasteiger charge is 2.05. The number of rotatable bonds is 9. The maximum absolute atomic E-state index is 12.1. The van der Waals surface area contributed by atoms with Crippen LogP contribution in [-0.4, -0.2) is 19.1 Å². The van der Waals surface area contributed by atoms with Gasteiger partial charge in [0.05, 0.1) is 23.2 Å². The minimum Gasteiger partial charge on any atom is -0.494 e. The van der Waals surface area contributed by atoms with Crippen molar-refractivity contribution >= 4 is 40.5 Å². The Hall–Kier alpha value is -2.69. The molecule has 0 aliphatic heterocycles.